The molecule has 0 saturated carbocycles. The highest BCUT2D eigenvalue weighted by atomic mass is 79.9. The topological polar surface area (TPSA) is 47.0 Å². The summed E-state index contributed by atoms with van der Waals surface area (Å²) in [6.07, 6.45) is 1.94. The molecule has 0 amide bonds. The number of hydrogen-bond acceptors (Lipinski definition) is 5. The smallest absolute Gasteiger partial charge is 0.225 e. The van der Waals surface area contributed by atoms with E-state index in [1.165, 1.54) is 11.8 Å². The molecule has 0 saturated heterocycles. The number of rotatable bonds is 5. The van der Waals surface area contributed by atoms with Crippen LogP contribution in [0.1, 0.15) is 12.5 Å². The van der Waals surface area contributed by atoms with Gasteiger partial charge in [-0.25, -0.2) is 4.98 Å². The van der Waals surface area contributed by atoms with Crippen LogP contribution in [-0.4, -0.2) is 22.8 Å². The number of aryl methyl sites for hydroxylation is 1. The number of nitrogens with zero attached hydrogens (tertiary/aromatic N) is 2. The van der Waals surface area contributed by atoms with E-state index in [1.54, 1.807) is 0 Å². The Labute approximate surface area is 131 Å². The number of halogens is 1. The normalized spacial score (nSPS) is 10.4. The van der Waals surface area contributed by atoms with E-state index in [1.807, 2.05) is 44.4 Å². The van der Waals surface area contributed by atoms with Crippen LogP contribution in [0.3, 0.4) is 0 Å². The number of benzene rings is 1. The van der Waals surface area contributed by atoms with E-state index in [-0.39, 0.29) is 0 Å². The lowest BCUT2D eigenvalue weighted by Crippen LogP contribution is -2.02. The second-order valence-electron chi connectivity index (χ2n) is 4.12. The van der Waals surface area contributed by atoms with Crippen molar-refractivity contribution >= 4 is 33.5 Å². The molecule has 0 bridgehead atoms. The highest BCUT2D eigenvalue weighted by Gasteiger charge is 2.08. The minimum absolute atomic E-state index is 0.543. The molecule has 0 aliphatic carbocycles. The van der Waals surface area contributed by atoms with Gasteiger partial charge >= 0.3 is 0 Å². The van der Waals surface area contributed by atoms with Crippen LogP contribution in [0, 0.1) is 6.92 Å². The molecule has 4 nitrogen and oxygen atoms in total. The van der Waals surface area contributed by atoms with Gasteiger partial charge in [-0.1, -0.05) is 33.8 Å². The van der Waals surface area contributed by atoms with E-state index in [0.29, 0.717) is 11.0 Å². The van der Waals surface area contributed by atoms with Crippen molar-refractivity contribution in [2.75, 3.05) is 18.1 Å². The van der Waals surface area contributed by atoms with Gasteiger partial charge in [-0.3, -0.25) is 0 Å². The van der Waals surface area contributed by atoms with Crippen molar-refractivity contribution < 1.29 is 4.74 Å². The van der Waals surface area contributed by atoms with Gasteiger partial charge in [0.05, 0.1) is 0 Å². The van der Waals surface area contributed by atoms with Crippen molar-refractivity contribution in [2.45, 2.75) is 19.0 Å². The molecule has 1 aromatic heterocycles. The molecule has 1 heterocycles. The first kappa shape index (κ1) is 15.1. The molecule has 6 heteroatoms. The zero-order valence-corrected chi connectivity index (χ0v) is 14.0. The second kappa shape index (κ2) is 6.95. The molecule has 0 spiro atoms. The average Bonchev–Trinajstić information content (AvgIpc) is 2.43. The van der Waals surface area contributed by atoms with E-state index in [2.05, 4.69) is 31.2 Å². The summed E-state index contributed by atoms with van der Waals surface area (Å²) in [4.78, 5) is 8.75. The number of thioether (sulfide) groups is 1. The quantitative estimate of drug-likeness (QED) is 0.633. The van der Waals surface area contributed by atoms with Crippen LogP contribution < -0.4 is 10.1 Å². The molecule has 0 fully saturated rings. The monoisotopic (exact) mass is 353 g/mol. The molecule has 0 aliphatic rings. The van der Waals surface area contributed by atoms with Crippen molar-refractivity contribution in [1.82, 2.24) is 9.97 Å². The van der Waals surface area contributed by atoms with Crippen molar-refractivity contribution in [3.63, 3.8) is 0 Å². The molecule has 2 aromatic rings. The van der Waals surface area contributed by atoms with Crippen LogP contribution in [0.25, 0.3) is 0 Å². The predicted octanol–water partition coefficient (Wildman–Crippen LogP) is 4.49. The average molecular weight is 354 g/mol. The van der Waals surface area contributed by atoms with Gasteiger partial charge in [0.1, 0.15) is 11.6 Å². The number of nitrogens with one attached hydrogen (secondary N) is 1. The second-order valence-corrected chi connectivity index (χ2v) is 5.81. The van der Waals surface area contributed by atoms with Crippen LogP contribution in [0.15, 0.2) is 33.9 Å². The zero-order chi connectivity index (χ0) is 14.5. The van der Waals surface area contributed by atoms with E-state index < -0.39 is 0 Å². The van der Waals surface area contributed by atoms with Crippen LogP contribution in [0.2, 0.25) is 0 Å². The van der Waals surface area contributed by atoms with Crippen LogP contribution >= 0.6 is 27.7 Å². The summed E-state index contributed by atoms with van der Waals surface area (Å²) in [7, 11) is 0. The third-order valence-corrected chi connectivity index (χ3v) is 3.63. The van der Waals surface area contributed by atoms with Gasteiger partial charge in [0, 0.05) is 17.1 Å². The molecular formula is C14H16BrN3OS. The summed E-state index contributed by atoms with van der Waals surface area (Å²) in [5.74, 6) is 2.10. The van der Waals surface area contributed by atoms with Crippen molar-refractivity contribution in [3.8, 4) is 11.6 Å². The molecule has 2 rings (SSSR count). The van der Waals surface area contributed by atoms with Gasteiger partial charge in [-0.2, -0.15) is 4.98 Å². The number of ether oxygens (including phenoxy) is 1. The van der Waals surface area contributed by atoms with Crippen LogP contribution in [-0.2, 0) is 0 Å². The Bertz CT molecular complexity index is 607. The standard InChI is InChI=1S/C14H16BrN3OS/c1-4-16-12-8-13(18-14(17-12)20-3)19-11-7-10(15)6-5-9(11)2/h5-8H,4H2,1-3H3,(H,16,17,18). The van der Waals surface area contributed by atoms with E-state index in [4.69, 9.17) is 4.74 Å². The first-order valence-electron chi connectivity index (χ1n) is 6.23. The van der Waals surface area contributed by atoms with Gasteiger partial charge in [0.2, 0.25) is 5.88 Å². The summed E-state index contributed by atoms with van der Waals surface area (Å²) >= 11 is 4.94. The molecule has 0 atom stereocenters. The first-order valence-corrected chi connectivity index (χ1v) is 8.25. The lowest BCUT2D eigenvalue weighted by Gasteiger charge is -2.11. The fraction of sp³-hybridized carbons (Fsp3) is 0.286. The third-order valence-electron chi connectivity index (χ3n) is 2.59. The van der Waals surface area contributed by atoms with Crippen LogP contribution in [0.5, 0.6) is 11.6 Å². The minimum atomic E-state index is 0.543. The van der Waals surface area contributed by atoms with Gasteiger partial charge in [-0.15, -0.1) is 0 Å². The molecule has 106 valence electrons. The third kappa shape index (κ3) is 3.86. The Kier molecular flexibility index (Phi) is 5.25. The van der Waals surface area contributed by atoms with Crippen LogP contribution in [0.4, 0.5) is 5.82 Å². The summed E-state index contributed by atoms with van der Waals surface area (Å²) in [6, 6.07) is 7.73. The molecule has 20 heavy (non-hydrogen) atoms. The van der Waals surface area contributed by atoms with Gasteiger partial charge < -0.3 is 10.1 Å². The fourth-order valence-electron chi connectivity index (χ4n) is 1.62. The Morgan fingerprint density at radius 3 is 2.80 bits per heavy atom. The Hall–Kier alpha value is -1.27. The number of hydrogen-bond donors (Lipinski definition) is 1. The largest absolute Gasteiger partial charge is 0.438 e. The molecule has 0 radical (unpaired) electrons. The minimum Gasteiger partial charge on any atom is -0.438 e. The Morgan fingerprint density at radius 2 is 2.10 bits per heavy atom. The lowest BCUT2D eigenvalue weighted by molar-refractivity contribution is 0.452. The van der Waals surface area contributed by atoms with Crippen molar-refractivity contribution in [2.24, 2.45) is 0 Å². The zero-order valence-electron chi connectivity index (χ0n) is 11.6. The molecule has 0 aliphatic heterocycles. The van der Waals surface area contributed by atoms with Crippen molar-refractivity contribution in [1.29, 1.82) is 0 Å². The highest BCUT2D eigenvalue weighted by molar-refractivity contribution is 9.10. The summed E-state index contributed by atoms with van der Waals surface area (Å²) < 4.78 is 6.86. The summed E-state index contributed by atoms with van der Waals surface area (Å²) in [5, 5.41) is 3.87. The number of aromatic nitrogens is 2. The lowest BCUT2D eigenvalue weighted by atomic mass is 10.2. The fourth-order valence-corrected chi connectivity index (χ4v) is 2.33. The molecular weight excluding hydrogens is 338 g/mol. The molecule has 0 unspecified atom stereocenters. The maximum atomic E-state index is 5.89. The summed E-state index contributed by atoms with van der Waals surface area (Å²) in [5.41, 5.74) is 1.06. The van der Waals surface area contributed by atoms with Gasteiger partial charge in [0.15, 0.2) is 5.16 Å². The van der Waals surface area contributed by atoms with E-state index >= 15 is 0 Å². The maximum Gasteiger partial charge on any atom is 0.225 e. The first-order chi connectivity index (χ1) is 9.62. The Morgan fingerprint density at radius 1 is 1.30 bits per heavy atom. The SMILES string of the molecule is CCNc1cc(Oc2cc(Br)ccc2C)nc(SC)n1. The maximum absolute atomic E-state index is 5.89. The summed E-state index contributed by atoms with van der Waals surface area (Å²) in [6.45, 7) is 4.84. The number of anilines is 1. The Balaban J connectivity index is 2.32. The predicted molar refractivity (Wildman–Crippen MR) is 86.9 cm³/mol. The van der Waals surface area contributed by atoms with Gasteiger partial charge in [-0.05, 0) is 37.8 Å². The van der Waals surface area contributed by atoms with E-state index in [9.17, 15) is 0 Å². The van der Waals surface area contributed by atoms with Gasteiger partial charge in [0.25, 0.3) is 0 Å². The molecule has 1 N–H and O–H groups in total. The highest BCUT2D eigenvalue weighted by Crippen LogP contribution is 2.29. The van der Waals surface area contributed by atoms with E-state index in [0.717, 1.165) is 28.1 Å². The molecule has 1 aromatic carbocycles. The van der Waals surface area contributed by atoms with Crippen molar-refractivity contribution in [3.05, 3.63) is 34.3 Å².